The van der Waals surface area contributed by atoms with Gasteiger partial charge in [0.2, 0.25) is 0 Å². The Hall–Kier alpha value is -1.62. The molecule has 0 atom stereocenters. The van der Waals surface area contributed by atoms with E-state index in [1.165, 1.54) is 26.4 Å². The number of methoxy groups -OCH3 is 2. The van der Waals surface area contributed by atoms with Crippen molar-refractivity contribution < 1.29 is 23.8 Å². The summed E-state index contributed by atoms with van der Waals surface area (Å²) in [7, 11) is 2.67. The fourth-order valence-electron chi connectivity index (χ4n) is 2.87. The number of hydrogen-bond donors (Lipinski definition) is 1. The summed E-state index contributed by atoms with van der Waals surface area (Å²) in [4.78, 5) is 12.0. The highest BCUT2D eigenvalue weighted by atomic mass is 19.1. The first-order chi connectivity index (χ1) is 8.84. The predicted octanol–water partition coefficient (Wildman–Crippen LogP) is 1.79. The van der Waals surface area contributed by atoms with Gasteiger partial charge in [-0.3, -0.25) is 4.79 Å². The Morgan fingerprint density at radius 2 is 2.00 bits per heavy atom. The lowest BCUT2D eigenvalue weighted by Crippen LogP contribution is -2.57. The Morgan fingerprint density at radius 1 is 1.37 bits per heavy atom. The van der Waals surface area contributed by atoms with Crippen molar-refractivity contribution in [1.29, 1.82) is 0 Å². The van der Waals surface area contributed by atoms with Crippen LogP contribution < -0.4 is 4.74 Å². The van der Waals surface area contributed by atoms with Gasteiger partial charge in [0.25, 0.3) is 0 Å². The van der Waals surface area contributed by atoms with Crippen molar-refractivity contribution in [3.63, 3.8) is 0 Å². The monoisotopic (exact) mass is 268 g/mol. The number of carbonyl (C=O) groups is 1. The van der Waals surface area contributed by atoms with Gasteiger partial charge < -0.3 is 14.6 Å². The van der Waals surface area contributed by atoms with E-state index in [-0.39, 0.29) is 18.6 Å². The van der Waals surface area contributed by atoms with Crippen molar-refractivity contribution in [3.8, 4) is 5.75 Å². The van der Waals surface area contributed by atoms with Gasteiger partial charge in [0.15, 0.2) is 11.6 Å². The minimum absolute atomic E-state index is 0.120. The fourth-order valence-corrected chi connectivity index (χ4v) is 2.87. The third kappa shape index (κ3) is 2.18. The molecule has 0 amide bonds. The Labute approximate surface area is 111 Å². The van der Waals surface area contributed by atoms with Crippen molar-refractivity contribution in [2.45, 2.75) is 30.8 Å². The van der Waals surface area contributed by atoms with Crippen LogP contribution in [-0.4, -0.2) is 30.9 Å². The highest BCUT2D eigenvalue weighted by Crippen LogP contribution is 2.51. The summed E-state index contributed by atoms with van der Waals surface area (Å²) in [5, 5.41) is 9.90. The van der Waals surface area contributed by atoms with Gasteiger partial charge in [-0.2, -0.15) is 0 Å². The van der Waals surface area contributed by atoms with E-state index < -0.39 is 22.8 Å². The Kier molecular flexibility index (Phi) is 3.26. The van der Waals surface area contributed by atoms with Crippen LogP contribution >= 0.6 is 0 Å². The topological polar surface area (TPSA) is 55.8 Å². The van der Waals surface area contributed by atoms with Crippen molar-refractivity contribution in [2.24, 2.45) is 0 Å². The predicted molar refractivity (Wildman–Crippen MR) is 66.5 cm³/mol. The second-order valence-corrected chi connectivity index (χ2v) is 5.27. The SMILES string of the molecule is COC(=O)C1(c2ccc(OC)c(F)c2)CC(C)(O)C1. The minimum atomic E-state index is -0.967. The summed E-state index contributed by atoms with van der Waals surface area (Å²) < 4.78 is 23.4. The van der Waals surface area contributed by atoms with E-state index in [2.05, 4.69) is 0 Å². The van der Waals surface area contributed by atoms with Gasteiger partial charge in [0.05, 0.1) is 25.2 Å². The zero-order valence-electron chi connectivity index (χ0n) is 11.2. The lowest BCUT2D eigenvalue weighted by molar-refractivity contribution is -0.165. The largest absolute Gasteiger partial charge is 0.494 e. The third-order valence-electron chi connectivity index (χ3n) is 3.65. The van der Waals surface area contributed by atoms with Crippen LogP contribution in [0.2, 0.25) is 0 Å². The molecule has 1 aromatic carbocycles. The number of hydrogen-bond acceptors (Lipinski definition) is 4. The van der Waals surface area contributed by atoms with E-state index in [9.17, 15) is 14.3 Å². The zero-order chi connectivity index (χ0) is 14.3. The average Bonchev–Trinajstić information content (AvgIpc) is 2.34. The highest BCUT2D eigenvalue weighted by Gasteiger charge is 2.58. The van der Waals surface area contributed by atoms with Gasteiger partial charge in [-0.1, -0.05) is 6.07 Å². The molecule has 0 spiro atoms. The van der Waals surface area contributed by atoms with E-state index in [1.807, 2.05) is 0 Å². The maximum absolute atomic E-state index is 13.8. The van der Waals surface area contributed by atoms with Crippen molar-refractivity contribution in [1.82, 2.24) is 0 Å². The molecule has 2 rings (SSSR count). The van der Waals surface area contributed by atoms with E-state index in [0.717, 1.165) is 0 Å². The van der Waals surface area contributed by atoms with Gasteiger partial charge in [-0.05, 0) is 37.5 Å². The standard InChI is InChI=1S/C14H17FO4/c1-13(17)7-14(8-13,12(16)19-3)9-4-5-11(18-2)10(15)6-9/h4-6,17H,7-8H2,1-3H3. The lowest BCUT2D eigenvalue weighted by atomic mass is 9.56. The van der Waals surface area contributed by atoms with Crippen LogP contribution in [0.5, 0.6) is 5.75 Å². The molecule has 0 saturated heterocycles. The second kappa shape index (κ2) is 4.49. The summed E-state index contributed by atoms with van der Waals surface area (Å²) in [6.07, 6.45) is 0.441. The lowest BCUT2D eigenvalue weighted by Gasteiger charge is -2.49. The molecule has 0 unspecified atom stereocenters. The Balaban J connectivity index is 2.41. The molecule has 0 radical (unpaired) electrons. The summed E-state index contributed by atoms with van der Waals surface area (Å²) in [6, 6.07) is 4.38. The second-order valence-electron chi connectivity index (χ2n) is 5.27. The zero-order valence-corrected chi connectivity index (χ0v) is 11.2. The molecule has 5 heteroatoms. The molecular weight excluding hydrogens is 251 g/mol. The summed E-state index contributed by atoms with van der Waals surface area (Å²) >= 11 is 0. The molecule has 0 aliphatic heterocycles. The average molecular weight is 268 g/mol. The molecule has 0 aromatic heterocycles. The van der Waals surface area contributed by atoms with Gasteiger partial charge in [-0.25, -0.2) is 4.39 Å². The quantitative estimate of drug-likeness (QED) is 0.849. The van der Waals surface area contributed by atoms with Crippen LogP contribution in [0.15, 0.2) is 18.2 Å². The molecule has 1 aliphatic rings. The number of rotatable bonds is 3. The molecular formula is C14H17FO4. The number of aliphatic hydroxyl groups is 1. The third-order valence-corrected chi connectivity index (χ3v) is 3.65. The van der Waals surface area contributed by atoms with Crippen LogP contribution in [0.25, 0.3) is 0 Å². The fraction of sp³-hybridized carbons (Fsp3) is 0.500. The smallest absolute Gasteiger partial charge is 0.316 e. The summed E-state index contributed by atoms with van der Waals surface area (Å²) in [5.74, 6) is -0.867. The molecule has 0 bridgehead atoms. The molecule has 1 N–H and O–H groups in total. The first-order valence-electron chi connectivity index (χ1n) is 5.99. The number of ether oxygens (including phenoxy) is 2. The van der Waals surface area contributed by atoms with Gasteiger partial charge in [-0.15, -0.1) is 0 Å². The van der Waals surface area contributed by atoms with E-state index in [1.54, 1.807) is 13.0 Å². The normalized spacial score (nSPS) is 29.5. The number of esters is 1. The molecule has 1 aromatic rings. The molecule has 1 saturated carbocycles. The van der Waals surface area contributed by atoms with E-state index >= 15 is 0 Å². The molecule has 1 aliphatic carbocycles. The van der Waals surface area contributed by atoms with Crippen LogP contribution in [0.4, 0.5) is 4.39 Å². The molecule has 0 heterocycles. The van der Waals surface area contributed by atoms with Crippen molar-refractivity contribution in [2.75, 3.05) is 14.2 Å². The molecule has 1 fully saturated rings. The summed E-state index contributed by atoms with van der Waals surface area (Å²) in [6.45, 7) is 1.65. The number of halogens is 1. The van der Waals surface area contributed by atoms with Crippen LogP contribution in [0.1, 0.15) is 25.3 Å². The van der Waals surface area contributed by atoms with Crippen molar-refractivity contribution in [3.05, 3.63) is 29.6 Å². The summed E-state index contributed by atoms with van der Waals surface area (Å²) in [5.41, 5.74) is -1.39. The maximum Gasteiger partial charge on any atom is 0.316 e. The van der Waals surface area contributed by atoms with Crippen LogP contribution in [-0.2, 0) is 14.9 Å². The van der Waals surface area contributed by atoms with Crippen LogP contribution in [0, 0.1) is 5.82 Å². The van der Waals surface area contributed by atoms with Gasteiger partial charge >= 0.3 is 5.97 Å². The van der Waals surface area contributed by atoms with E-state index in [0.29, 0.717) is 5.56 Å². The maximum atomic E-state index is 13.8. The molecule has 4 nitrogen and oxygen atoms in total. The molecule has 19 heavy (non-hydrogen) atoms. The molecule has 104 valence electrons. The Bertz CT molecular complexity index is 502. The number of benzene rings is 1. The first kappa shape index (κ1) is 13.8. The van der Waals surface area contributed by atoms with Gasteiger partial charge in [0.1, 0.15) is 0 Å². The highest BCUT2D eigenvalue weighted by molar-refractivity contribution is 5.85. The Morgan fingerprint density at radius 3 is 2.42 bits per heavy atom. The van der Waals surface area contributed by atoms with Gasteiger partial charge in [0, 0.05) is 0 Å². The van der Waals surface area contributed by atoms with Crippen LogP contribution in [0.3, 0.4) is 0 Å². The van der Waals surface area contributed by atoms with Crippen molar-refractivity contribution >= 4 is 5.97 Å². The van der Waals surface area contributed by atoms with E-state index in [4.69, 9.17) is 9.47 Å². The number of carbonyl (C=O) groups excluding carboxylic acids is 1. The minimum Gasteiger partial charge on any atom is -0.494 e. The first-order valence-corrected chi connectivity index (χ1v) is 5.99.